The molecule has 0 spiro atoms. The van der Waals surface area contributed by atoms with Crippen LogP contribution in [0.1, 0.15) is 6.92 Å². The van der Waals surface area contributed by atoms with Gasteiger partial charge < -0.3 is 20.4 Å². The van der Waals surface area contributed by atoms with Crippen LogP contribution in [-0.2, 0) is 4.79 Å². The zero-order valence-electron chi connectivity index (χ0n) is 20.2. The lowest BCUT2D eigenvalue weighted by atomic mass is 10.1. The average molecular weight is 481 g/mol. The van der Waals surface area contributed by atoms with Gasteiger partial charge in [0.15, 0.2) is 0 Å². The third kappa shape index (κ3) is 5.16. The van der Waals surface area contributed by atoms with Crippen molar-refractivity contribution >= 4 is 40.0 Å². The monoisotopic (exact) mass is 480 g/mol. The van der Waals surface area contributed by atoms with Gasteiger partial charge in [0.05, 0.1) is 17.6 Å². The molecule has 0 atom stereocenters. The number of pyridine rings is 2. The molecule has 9 heteroatoms. The van der Waals surface area contributed by atoms with Gasteiger partial charge in [-0.2, -0.15) is 0 Å². The molecule has 4 aromatic rings. The van der Waals surface area contributed by atoms with Crippen LogP contribution in [0, 0.1) is 0 Å². The number of benzene rings is 1. The Bertz CT molecular complexity index is 1380. The Balaban J connectivity index is 1.37. The number of fused-ring (bicyclic) bond motifs is 1. The lowest BCUT2D eigenvalue weighted by Crippen LogP contribution is -2.46. The standard InChI is InChI=1S/C27H28N8O/c1-3-24(36)31-21-7-5-6-19(16-21)25-26-20(10-11-28-25)17-30-27(33-26)32-22-8-9-23(29-18-22)35-14-12-34(4-2)13-15-35/h3,5-11,16-18H,1,4,12-15H2,2H3,(H,31,36)(H,30,32,33). The second kappa shape index (κ2) is 10.5. The number of amides is 1. The minimum Gasteiger partial charge on any atom is -0.354 e. The topological polar surface area (TPSA) is 99.2 Å². The summed E-state index contributed by atoms with van der Waals surface area (Å²) >= 11 is 0. The molecular weight excluding hydrogens is 452 g/mol. The summed E-state index contributed by atoms with van der Waals surface area (Å²) in [5, 5.41) is 6.91. The van der Waals surface area contributed by atoms with Gasteiger partial charge in [0.25, 0.3) is 0 Å². The van der Waals surface area contributed by atoms with Gasteiger partial charge in [0, 0.05) is 55.2 Å². The van der Waals surface area contributed by atoms with E-state index in [-0.39, 0.29) is 5.91 Å². The van der Waals surface area contributed by atoms with Crippen molar-refractivity contribution in [1.29, 1.82) is 0 Å². The molecule has 4 heterocycles. The van der Waals surface area contributed by atoms with Crippen LogP contribution in [0.3, 0.4) is 0 Å². The van der Waals surface area contributed by atoms with Crippen LogP contribution >= 0.6 is 0 Å². The molecule has 1 amide bonds. The van der Waals surface area contributed by atoms with Crippen LogP contribution in [0.2, 0.25) is 0 Å². The zero-order valence-corrected chi connectivity index (χ0v) is 20.2. The highest BCUT2D eigenvalue weighted by molar-refractivity contribution is 5.99. The second-order valence-corrected chi connectivity index (χ2v) is 8.52. The highest BCUT2D eigenvalue weighted by Gasteiger charge is 2.17. The first-order chi connectivity index (χ1) is 17.6. The van der Waals surface area contributed by atoms with Crippen LogP contribution in [0.4, 0.5) is 23.1 Å². The number of hydrogen-bond donors (Lipinski definition) is 2. The van der Waals surface area contributed by atoms with Gasteiger partial charge >= 0.3 is 0 Å². The number of aromatic nitrogens is 4. The summed E-state index contributed by atoms with van der Waals surface area (Å²) in [5.74, 6) is 1.17. The summed E-state index contributed by atoms with van der Waals surface area (Å²) in [6.07, 6.45) is 6.55. The molecule has 0 bridgehead atoms. The molecule has 1 aliphatic rings. The van der Waals surface area contributed by atoms with Crippen molar-refractivity contribution < 1.29 is 4.79 Å². The molecule has 0 saturated carbocycles. The van der Waals surface area contributed by atoms with Crippen molar-refractivity contribution in [2.75, 3.05) is 48.3 Å². The number of carbonyl (C=O) groups is 1. The number of anilines is 4. The van der Waals surface area contributed by atoms with Gasteiger partial charge in [-0.15, -0.1) is 0 Å². The van der Waals surface area contributed by atoms with Crippen molar-refractivity contribution in [3.8, 4) is 11.3 Å². The van der Waals surface area contributed by atoms with E-state index in [0.717, 1.165) is 55.2 Å². The SMILES string of the molecule is C=CC(=O)Nc1cccc(-c2nccc3cnc(Nc4ccc(N5CCN(CC)CC5)nc4)nc23)c1. The van der Waals surface area contributed by atoms with Crippen LogP contribution < -0.4 is 15.5 Å². The maximum atomic E-state index is 11.7. The van der Waals surface area contributed by atoms with Gasteiger partial charge in [-0.25, -0.2) is 15.0 Å². The van der Waals surface area contributed by atoms with E-state index in [1.807, 2.05) is 48.7 Å². The van der Waals surface area contributed by atoms with E-state index < -0.39 is 0 Å². The molecule has 1 aliphatic heterocycles. The predicted octanol–water partition coefficient (Wildman–Crippen LogP) is 4.10. The van der Waals surface area contributed by atoms with Gasteiger partial charge in [-0.05, 0) is 43.0 Å². The third-order valence-corrected chi connectivity index (χ3v) is 6.24. The number of piperazine rings is 1. The van der Waals surface area contributed by atoms with Crippen LogP contribution in [0.5, 0.6) is 0 Å². The Hall–Kier alpha value is -4.37. The van der Waals surface area contributed by atoms with E-state index in [4.69, 9.17) is 4.98 Å². The summed E-state index contributed by atoms with van der Waals surface area (Å²) in [6.45, 7) is 10.9. The van der Waals surface area contributed by atoms with Crippen molar-refractivity contribution in [1.82, 2.24) is 24.8 Å². The van der Waals surface area contributed by atoms with Gasteiger partial charge in [0.2, 0.25) is 11.9 Å². The lowest BCUT2D eigenvalue weighted by molar-refractivity contribution is -0.111. The fourth-order valence-electron chi connectivity index (χ4n) is 4.23. The van der Waals surface area contributed by atoms with Crippen LogP contribution in [-0.4, -0.2) is 63.5 Å². The summed E-state index contributed by atoms with van der Waals surface area (Å²) in [7, 11) is 0. The van der Waals surface area contributed by atoms with Gasteiger partial charge in [-0.3, -0.25) is 9.78 Å². The van der Waals surface area contributed by atoms with E-state index >= 15 is 0 Å². The van der Waals surface area contributed by atoms with E-state index in [9.17, 15) is 4.79 Å². The van der Waals surface area contributed by atoms with E-state index in [1.54, 1.807) is 12.4 Å². The fraction of sp³-hybridized carbons (Fsp3) is 0.222. The summed E-state index contributed by atoms with van der Waals surface area (Å²) in [5.41, 5.74) is 3.71. The smallest absolute Gasteiger partial charge is 0.247 e. The summed E-state index contributed by atoms with van der Waals surface area (Å²) in [4.78, 5) is 34.9. The number of hydrogen-bond acceptors (Lipinski definition) is 8. The normalized spacial score (nSPS) is 14.0. The van der Waals surface area contributed by atoms with Crippen molar-refractivity contribution in [2.24, 2.45) is 0 Å². The average Bonchev–Trinajstić information content (AvgIpc) is 2.93. The Labute approximate surface area is 209 Å². The highest BCUT2D eigenvalue weighted by atomic mass is 16.1. The molecule has 182 valence electrons. The molecule has 0 radical (unpaired) electrons. The highest BCUT2D eigenvalue weighted by Crippen LogP contribution is 2.28. The Kier molecular flexibility index (Phi) is 6.81. The molecule has 5 rings (SSSR count). The van der Waals surface area contributed by atoms with Crippen LogP contribution in [0.15, 0.2) is 73.7 Å². The number of likely N-dealkylation sites (N-methyl/N-ethyl adjacent to an activating group) is 1. The predicted molar refractivity (Wildman–Crippen MR) is 143 cm³/mol. The molecule has 3 aromatic heterocycles. The minimum absolute atomic E-state index is 0.269. The molecule has 0 unspecified atom stereocenters. The van der Waals surface area contributed by atoms with E-state index in [2.05, 4.69) is 48.9 Å². The minimum atomic E-state index is -0.269. The number of nitrogens with zero attached hydrogens (tertiary/aromatic N) is 6. The molecule has 9 nitrogen and oxygen atoms in total. The van der Waals surface area contributed by atoms with Crippen LogP contribution in [0.25, 0.3) is 22.2 Å². The zero-order chi connectivity index (χ0) is 24.9. The quantitative estimate of drug-likeness (QED) is 0.382. The second-order valence-electron chi connectivity index (χ2n) is 8.52. The number of carbonyl (C=O) groups excluding carboxylic acids is 1. The first kappa shape index (κ1) is 23.4. The number of rotatable bonds is 7. The molecule has 1 fully saturated rings. The van der Waals surface area contributed by atoms with Gasteiger partial charge in [-0.1, -0.05) is 25.6 Å². The molecular formula is C27H28N8O. The first-order valence-electron chi connectivity index (χ1n) is 12.0. The molecule has 1 aromatic carbocycles. The Morgan fingerprint density at radius 2 is 1.89 bits per heavy atom. The maximum Gasteiger partial charge on any atom is 0.247 e. The lowest BCUT2D eigenvalue weighted by Gasteiger charge is -2.34. The molecule has 1 saturated heterocycles. The maximum absolute atomic E-state index is 11.7. The Morgan fingerprint density at radius 3 is 2.64 bits per heavy atom. The Morgan fingerprint density at radius 1 is 1.03 bits per heavy atom. The van der Waals surface area contributed by atoms with E-state index in [1.165, 1.54) is 6.08 Å². The largest absolute Gasteiger partial charge is 0.354 e. The molecule has 36 heavy (non-hydrogen) atoms. The number of nitrogens with one attached hydrogen (secondary N) is 2. The fourth-order valence-corrected chi connectivity index (χ4v) is 4.23. The van der Waals surface area contributed by atoms with E-state index in [0.29, 0.717) is 22.8 Å². The summed E-state index contributed by atoms with van der Waals surface area (Å²) < 4.78 is 0. The van der Waals surface area contributed by atoms with Crippen molar-refractivity contribution in [3.63, 3.8) is 0 Å². The molecule has 2 N–H and O–H groups in total. The van der Waals surface area contributed by atoms with Crippen molar-refractivity contribution in [2.45, 2.75) is 6.92 Å². The summed E-state index contributed by atoms with van der Waals surface area (Å²) in [6, 6.07) is 13.4. The third-order valence-electron chi connectivity index (χ3n) is 6.24. The molecule has 0 aliphatic carbocycles. The first-order valence-corrected chi connectivity index (χ1v) is 12.0. The van der Waals surface area contributed by atoms with Crippen molar-refractivity contribution in [3.05, 3.63) is 73.7 Å². The van der Waals surface area contributed by atoms with Gasteiger partial charge in [0.1, 0.15) is 11.3 Å².